The van der Waals surface area contributed by atoms with Gasteiger partial charge >= 0.3 is 0 Å². The van der Waals surface area contributed by atoms with Gasteiger partial charge in [-0.1, -0.05) is 18.2 Å². The fourth-order valence-corrected chi connectivity index (χ4v) is 9.58. The molecule has 7 heteroatoms. The number of carbonyl (C=O) groups excluding carboxylic acids is 1. The molecule has 1 aromatic carbocycles. The van der Waals surface area contributed by atoms with E-state index in [1.54, 1.807) is 6.20 Å². The highest BCUT2D eigenvalue weighted by atomic mass is 32.2. The second kappa shape index (κ2) is 8.25. The van der Waals surface area contributed by atoms with Crippen molar-refractivity contribution >= 4 is 37.9 Å². The van der Waals surface area contributed by atoms with E-state index in [1.807, 2.05) is 37.3 Å². The minimum absolute atomic E-state index is 0.0538. The first-order valence-corrected chi connectivity index (χ1v) is 14.7. The van der Waals surface area contributed by atoms with Crippen LogP contribution in [0.4, 0.5) is 0 Å². The zero-order valence-corrected chi connectivity index (χ0v) is 21.1. The summed E-state index contributed by atoms with van der Waals surface area (Å²) >= 11 is 1.39. The van der Waals surface area contributed by atoms with E-state index in [4.69, 9.17) is 0 Å². The monoisotopic (exact) mass is 494 g/mol. The van der Waals surface area contributed by atoms with E-state index >= 15 is 0 Å². The molecule has 178 valence electrons. The van der Waals surface area contributed by atoms with Crippen LogP contribution in [-0.2, 0) is 14.6 Å². The standard InChI is InChI=1S/C27H30N2O3S2/c1-17-13-25(33-26(17)20-7-6-19-3-2-12-28-23(19)14-20)34(31,32)21-8-10-27(11-9-21)15-22(18-4-5-18)24(30)16-29-27/h2-3,6-7,12-14,18,21-22,29H,4-5,8-11,15-16H2,1H3. The molecule has 34 heavy (non-hydrogen) atoms. The molecule has 6 rings (SSSR count). The van der Waals surface area contributed by atoms with Gasteiger partial charge in [0, 0.05) is 27.9 Å². The Hall–Kier alpha value is -2.09. The van der Waals surface area contributed by atoms with Crippen molar-refractivity contribution in [3.8, 4) is 10.4 Å². The van der Waals surface area contributed by atoms with Crippen molar-refractivity contribution in [1.82, 2.24) is 10.3 Å². The maximum absolute atomic E-state index is 13.6. The molecule has 3 heterocycles. The molecular weight excluding hydrogens is 464 g/mol. The van der Waals surface area contributed by atoms with Gasteiger partial charge in [-0.15, -0.1) is 11.3 Å². The van der Waals surface area contributed by atoms with Gasteiger partial charge in [0.2, 0.25) is 0 Å². The summed E-state index contributed by atoms with van der Waals surface area (Å²) in [5, 5.41) is 4.24. The average molecular weight is 495 g/mol. The molecule has 3 fully saturated rings. The number of benzene rings is 1. The number of piperidine rings is 1. The smallest absolute Gasteiger partial charge is 0.190 e. The second-order valence-electron chi connectivity index (χ2n) is 10.5. The molecule has 3 aromatic rings. The minimum Gasteiger partial charge on any atom is -0.304 e. The Morgan fingerprint density at radius 2 is 1.88 bits per heavy atom. The SMILES string of the molecule is Cc1cc(S(=O)(=O)C2CCC3(CC2)CC(C2CC2)C(=O)CN3)sc1-c1ccc2cccnc2c1. The van der Waals surface area contributed by atoms with Crippen LogP contribution < -0.4 is 5.32 Å². The van der Waals surface area contributed by atoms with Crippen LogP contribution in [0.25, 0.3) is 21.3 Å². The van der Waals surface area contributed by atoms with Crippen LogP contribution in [0.5, 0.6) is 0 Å². The second-order valence-corrected chi connectivity index (χ2v) is 14.0. The lowest BCUT2D eigenvalue weighted by Gasteiger charge is -2.45. The van der Waals surface area contributed by atoms with Crippen LogP contribution >= 0.6 is 11.3 Å². The zero-order valence-electron chi connectivity index (χ0n) is 19.4. The Morgan fingerprint density at radius 1 is 1.09 bits per heavy atom. The Balaban J connectivity index is 1.21. The van der Waals surface area contributed by atoms with Crippen LogP contribution in [0.2, 0.25) is 0 Å². The summed E-state index contributed by atoms with van der Waals surface area (Å²) in [5.41, 5.74) is 2.87. The molecule has 1 aliphatic heterocycles. The zero-order chi connectivity index (χ0) is 23.5. The number of nitrogens with zero attached hydrogens (tertiary/aromatic N) is 1. The summed E-state index contributed by atoms with van der Waals surface area (Å²) in [4.78, 5) is 17.8. The van der Waals surface area contributed by atoms with Crippen molar-refractivity contribution in [2.24, 2.45) is 11.8 Å². The maximum atomic E-state index is 13.6. The minimum atomic E-state index is -3.39. The van der Waals surface area contributed by atoms with Crippen LogP contribution in [0.15, 0.2) is 46.8 Å². The number of aryl methyl sites for hydroxylation is 1. The van der Waals surface area contributed by atoms with Gasteiger partial charge in [0.05, 0.1) is 17.3 Å². The lowest BCUT2D eigenvalue weighted by atomic mass is 9.71. The van der Waals surface area contributed by atoms with Crippen LogP contribution in [0.3, 0.4) is 0 Å². The predicted octanol–water partition coefficient (Wildman–Crippen LogP) is 5.32. The van der Waals surface area contributed by atoms with Crippen molar-refractivity contribution in [2.75, 3.05) is 6.54 Å². The first-order valence-electron chi connectivity index (χ1n) is 12.3. The van der Waals surface area contributed by atoms with Crippen LogP contribution in [0, 0.1) is 18.8 Å². The molecule has 1 unspecified atom stereocenters. The Bertz CT molecular complexity index is 1370. The van der Waals surface area contributed by atoms with E-state index in [0.29, 0.717) is 35.3 Å². The fourth-order valence-electron chi connectivity index (χ4n) is 6.03. The van der Waals surface area contributed by atoms with Crippen molar-refractivity contribution < 1.29 is 13.2 Å². The molecular formula is C27H30N2O3S2. The number of hydrogen-bond acceptors (Lipinski definition) is 6. The summed E-state index contributed by atoms with van der Waals surface area (Å²) in [6, 6.07) is 11.9. The fraction of sp³-hybridized carbons (Fsp3) is 0.481. The van der Waals surface area contributed by atoms with Crippen LogP contribution in [-0.4, -0.2) is 36.5 Å². The average Bonchev–Trinajstić information content (AvgIpc) is 3.61. The summed E-state index contributed by atoms with van der Waals surface area (Å²) in [5.74, 6) is 1.12. The number of thiophene rings is 1. The van der Waals surface area contributed by atoms with E-state index < -0.39 is 9.84 Å². The highest BCUT2D eigenvalue weighted by Gasteiger charge is 2.48. The molecule has 5 nitrogen and oxygen atoms in total. The van der Waals surface area contributed by atoms with Gasteiger partial charge < -0.3 is 5.32 Å². The number of nitrogens with one attached hydrogen (secondary N) is 1. The number of ketones is 1. The molecule has 1 atom stereocenters. The van der Waals surface area contributed by atoms with Crippen molar-refractivity contribution in [1.29, 1.82) is 0 Å². The summed E-state index contributed by atoms with van der Waals surface area (Å²) in [6.07, 6.45) is 8.01. The number of fused-ring (bicyclic) bond motifs is 1. The molecule has 0 amide bonds. The van der Waals surface area contributed by atoms with E-state index in [0.717, 1.165) is 46.2 Å². The maximum Gasteiger partial charge on any atom is 0.190 e. The van der Waals surface area contributed by atoms with Gasteiger partial charge in [-0.05, 0) is 87.1 Å². The third-order valence-corrected chi connectivity index (χ3v) is 12.3. The Labute approximate surface area is 204 Å². The third kappa shape index (κ3) is 3.91. The normalized spacial score (nSPS) is 28.0. The van der Waals surface area contributed by atoms with Gasteiger partial charge in [0.25, 0.3) is 0 Å². The lowest BCUT2D eigenvalue weighted by Crippen LogP contribution is -2.57. The number of hydrogen-bond donors (Lipinski definition) is 1. The summed E-state index contributed by atoms with van der Waals surface area (Å²) in [6.45, 7) is 2.44. The molecule has 2 aliphatic carbocycles. The molecule has 1 N–H and O–H groups in total. The van der Waals surface area contributed by atoms with Crippen molar-refractivity contribution in [3.63, 3.8) is 0 Å². The van der Waals surface area contributed by atoms with Gasteiger partial charge in [0.15, 0.2) is 9.84 Å². The number of pyridine rings is 1. The number of rotatable bonds is 4. The molecule has 1 saturated heterocycles. The van der Waals surface area contributed by atoms with Gasteiger partial charge in [-0.25, -0.2) is 8.42 Å². The molecule has 0 bridgehead atoms. The lowest BCUT2D eigenvalue weighted by molar-refractivity contribution is -0.126. The van der Waals surface area contributed by atoms with E-state index in [2.05, 4.69) is 16.4 Å². The van der Waals surface area contributed by atoms with Gasteiger partial charge in [0.1, 0.15) is 9.99 Å². The number of carbonyl (C=O) groups is 1. The highest BCUT2D eigenvalue weighted by Crippen LogP contribution is 2.47. The molecule has 2 aromatic heterocycles. The topological polar surface area (TPSA) is 76.1 Å². The molecule has 3 aliphatic rings. The number of Topliss-reactive ketones (excluding diaryl/α,β-unsaturated/α-hetero) is 1. The number of aromatic nitrogens is 1. The van der Waals surface area contributed by atoms with Crippen LogP contribution in [0.1, 0.15) is 50.5 Å². The highest BCUT2D eigenvalue weighted by molar-refractivity contribution is 7.94. The summed E-state index contributed by atoms with van der Waals surface area (Å²) < 4.78 is 27.7. The number of sulfone groups is 1. The predicted molar refractivity (Wildman–Crippen MR) is 136 cm³/mol. The summed E-state index contributed by atoms with van der Waals surface area (Å²) in [7, 11) is -3.39. The third-order valence-electron chi connectivity index (χ3n) is 8.23. The molecule has 2 saturated carbocycles. The Morgan fingerprint density at radius 3 is 2.65 bits per heavy atom. The van der Waals surface area contributed by atoms with Crippen molar-refractivity contribution in [2.45, 2.75) is 66.9 Å². The van der Waals surface area contributed by atoms with Gasteiger partial charge in [-0.2, -0.15) is 0 Å². The molecule has 0 radical (unpaired) electrons. The van der Waals surface area contributed by atoms with Gasteiger partial charge in [-0.3, -0.25) is 9.78 Å². The van der Waals surface area contributed by atoms with E-state index in [-0.39, 0.29) is 16.7 Å². The van der Waals surface area contributed by atoms with E-state index in [9.17, 15) is 13.2 Å². The first-order chi connectivity index (χ1) is 16.3. The van der Waals surface area contributed by atoms with E-state index in [1.165, 1.54) is 24.2 Å². The largest absolute Gasteiger partial charge is 0.304 e. The quantitative estimate of drug-likeness (QED) is 0.532. The molecule has 1 spiro atoms. The Kier molecular flexibility index (Phi) is 5.43. The van der Waals surface area contributed by atoms with Crippen molar-refractivity contribution in [3.05, 3.63) is 48.2 Å². The first kappa shape index (κ1) is 22.4.